The summed E-state index contributed by atoms with van der Waals surface area (Å²) in [5, 5.41) is 12.5. The number of carbonyl (C=O) groups is 1. The van der Waals surface area contributed by atoms with Crippen molar-refractivity contribution in [2.45, 2.75) is 56.7 Å². The first-order chi connectivity index (χ1) is 10.1. The molecule has 2 unspecified atom stereocenters. The lowest BCUT2D eigenvalue weighted by Crippen LogP contribution is -2.55. The van der Waals surface area contributed by atoms with Crippen LogP contribution in [-0.4, -0.2) is 41.1 Å². The van der Waals surface area contributed by atoms with E-state index in [1.165, 1.54) is 19.3 Å². The molecule has 3 rings (SSSR count). The van der Waals surface area contributed by atoms with Crippen molar-refractivity contribution in [3.63, 3.8) is 0 Å². The number of benzene rings is 1. The van der Waals surface area contributed by atoms with E-state index < -0.39 is 0 Å². The first-order valence-electron chi connectivity index (χ1n) is 7.91. The van der Waals surface area contributed by atoms with Crippen LogP contribution in [0.25, 0.3) is 0 Å². The number of nitrogens with zero attached hydrogens (tertiary/aromatic N) is 1. The lowest BCUT2D eigenvalue weighted by atomic mass is 9.82. The molecule has 2 heterocycles. The van der Waals surface area contributed by atoms with E-state index in [1.807, 2.05) is 0 Å². The van der Waals surface area contributed by atoms with Crippen molar-refractivity contribution in [3.05, 3.63) is 29.8 Å². The fraction of sp³-hybridized carbons (Fsp3) is 0.588. The van der Waals surface area contributed by atoms with Gasteiger partial charge in [-0.3, -0.25) is 4.79 Å². The summed E-state index contributed by atoms with van der Waals surface area (Å²) in [6.45, 7) is 0. The van der Waals surface area contributed by atoms with Gasteiger partial charge in [0.05, 0.1) is 6.42 Å². The van der Waals surface area contributed by atoms with Crippen LogP contribution in [0.5, 0.6) is 5.75 Å². The molecule has 4 nitrogen and oxygen atoms in total. The summed E-state index contributed by atoms with van der Waals surface area (Å²) in [5.41, 5.74) is 0.943. The van der Waals surface area contributed by atoms with Crippen LogP contribution in [0.15, 0.2) is 24.3 Å². The molecule has 21 heavy (non-hydrogen) atoms. The van der Waals surface area contributed by atoms with Crippen molar-refractivity contribution in [2.75, 3.05) is 7.05 Å². The lowest BCUT2D eigenvalue weighted by molar-refractivity contribution is -0.121. The Bertz CT molecular complexity index is 486. The smallest absolute Gasteiger partial charge is 0.224 e. The number of hydrogen-bond donors (Lipinski definition) is 2. The molecule has 2 fully saturated rings. The van der Waals surface area contributed by atoms with Crippen LogP contribution < -0.4 is 5.32 Å². The molecule has 2 atom stereocenters. The molecule has 2 saturated heterocycles. The fourth-order valence-corrected chi connectivity index (χ4v) is 3.81. The molecule has 0 spiro atoms. The zero-order valence-electron chi connectivity index (χ0n) is 12.6. The number of rotatable bonds is 3. The number of amides is 1. The van der Waals surface area contributed by atoms with Crippen molar-refractivity contribution in [1.29, 1.82) is 0 Å². The van der Waals surface area contributed by atoms with Crippen LogP contribution in [0.1, 0.15) is 37.7 Å². The second-order valence-corrected chi connectivity index (χ2v) is 6.48. The number of phenols is 1. The number of hydrogen-bond acceptors (Lipinski definition) is 3. The van der Waals surface area contributed by atoms with E-state index in [0.717, 1.165) is 18.4 Å². The molecule has 0 aromatic heterocycles. The molecule has 0 radical (unpaired) electrons. The van der Waals surface area contributed by atoms with Gasteiger partial charge >= 0.3 is 0 Å². The second kappa shape index (κ2) is 6.06. The maximum atomic E-state index is 12.2. The van der Waals surface area contributed by atoms with Gasteiger partial charge < -0.3 is 15.3 Å². The maximum absolute atomic E-state index is 12.2. The summed E-state index contributed by atoms with van der Waals surface area (Å²) in [5.74, 6) is 0.329. The number of fused-ring (bicyclic) bond motifs is 2. The SMILES string of the molecule is CN1C2CCCC1CC(NC(=O)Cc1ccc(O)cc1)C2. The van der Waals surface area contributed by atoms with Gasteiger partial charge in [0.15, 0.2) is 0 Å². The molecule has 2 aliphatic rings. The topological polar surface area (TPSA) is 52.6 Å². The van der Waals surface area contributed by atoms with Crippen LogP contribution >= 0.6 is 0 Å². The normalized spacial score (nSPS) is 29.1. The van der Waals surface area contributed by atoms with Gasteiger partial charge in [0, 0.05) is 18.1 Å². The molecule has 4 heteroatoms. The third kappa shape index (κ3) is 3.38. The summed E-state index contributed by atoms with van der Waals surface area (Å²) in [6.07, 6.45) is 6.40. The highest BCUT2D eigenvalue weighted by Crippen LogP contribution is 2.32. The van der Waals surface area contributed by atoms with Crippen LogP contribution in [0.4, 0.5) is 0 Å². The van der Waals surface area contributed by atoms with E-state index >= 15 is 0 Å². The first-order valence-corrected chi connectivity index (χ1v) is 7.91. The Morgan fingerprint density at radius 3 is 2.48 bits per heavy atom. The van der Waals surface area contributed by atoms with Crippen molar-refractivity contribution in [2.24, 2.45) is 0 Å². The van der Waals surface area contributed by atoms with Crippen LogP contribution in [0, 0.1) is 0 Å². The number of aromatic hydroxyl groups is 1. The number of phenolic OH excluding ortho intramolecular Hbond substituents is 1. The van der Waals surface area contributed by atoms with E-state index in [1.54, 1.807) is 24.3 Å². The summed E-state index contributed by atoms with van der Waals surface area (Å²) in [6, 6.07) is 8.45. The summed E-state index contributed by atoms with van der Waals surface area (Å²) in [4.78, 5) is 14.7. The highest BCUT2D eigenvalue weighted by Gasteiger charge is 2.36. The third-order valence-corrected chi connectivity index (χ3v) is 5.01. The first kappa shape index (κ1) is 14.4. The van der Waals surface area contributed by atoms with E-state index in [4.69, 9.17) is 0 Å². The average molecular weight is 288 g/mol. The molecule has 1 aromatic rings. The number of piperidine rings is 2. The molecule has 2 aliphatic heterocycles. The molecule has 0 aliphatic carbocycles. The van der Waals surface area contributed by atoms with Gasteiger partial charge in [-0.1, -0.05) is 18.6 Å². The van der Waals surface area contributed by atoms with Crippen molar-refractivity contribution >= 4 is 5.91 Å². The predicted octanol–water partition coefficient (Wildman–Crippen LogP) is 2.07. The minimum absolute atomic E-state index is 0.0910. The highest BCUT2D eigenvalue weighted by atomic mass is 16.3. The summed E-state index contributed by atoms with van der Waals surface area (Å²) >= 11 is 0. The number of carbonyl (C=O) groups excluding carboxylic acids is 1. The van der Waals surface area contributed by atoms with Gasteiger partial charge in [-0.05, 0) is 50.4 Å². The van der Waals surface area contributed by atoms with E-state index in [9.17, 15) is 9.90 Å². The Kier molecular flexibility index (Phi) is 4.15. The molecule has 1 aromatic carbocycles. The highest BCUT2D eigenvalue weighted by molar-refractivity contribution is 5.78. The van der Waals surface area contributed by atoms with E-state index in [2.05, 4.69) is 17.3 Å². The molecular weight excluding hydrogens is 264 g/mol. The van der Waals surface area contributed by atoms with E-state index in [0.29, 0.717) is 24.5 Å². The van der Waals surface area contributed by atoms with Crippen LogP contribution in [-0.2, 0) is 11.2 Å². The summed E-state index contributed by atoms with van der Waals surface area (Å²) in [7, 11) is 2.23. The van der Waals surface area contributed by atoms with Crippen molar-refractivity contribution in [3.8, 4) is 5.75 Å². The van der Waals surface area contributed by atoms with Gasteiger partial charge in [0.2, 0.25) is 5.91 Å². The number of nitrogens with one attached hydrogen (secondary N) is 1. The van der Waals surface area contributed by atoms with Gasteiger partial charge in [-0.15, -0.1) is 0 Å². The molecule has 1 amide bonds. The molecule has 114 valence electrons. The van der Waals surface area contributed by atoms with Crippen molar-refractivity contribution in [1.82, 2.24) is 10.2 Å². The predicted molar refractivity (Wildman–Crippen MR) is 82.2 cm³/mol. The average Bonchev–Trinajstić information content (AvgIpc) is 2.42. The van der Waals surface area contributed by atoms with Gasteiger partial charge in [0.25, 0.3) is 0 Å². The zero-order valence-corrected chi connectivity index (χ0v) is 12.6. The van der Waals surface area contributed by atoms with E-state index in [-0.39, 0.29) is 11.7 Å². The van der Waals surface area contributed by atoms with Gasteiger partial charge in [-0.2, -0.15) is 0 Å². The van der Waals surface area contributed by atoms with Crippen LogP contribution in [0.2, 0.25) is 0 Å². The Balaban J connectivity index is 1.54. The Morgan fingerprint density at radius 2 is 1.86 bits per heavy atom. The minimum atomic E-state index is 0.0910. The van der Waals surface area contributed by atoms with Gasteiger partial charge in [0.1, 0.15) is 5.75 Å². The van der Waals surface area contributed by atoms with Crippen molar-refractivity contribution < 1.29 is 9.90 Å². The lowest BCUT2D eigenvalue weighted by Gasteiger charge is -2.47. The monoisotopic (exact) mass is 288 g/mol. The zero-order chi connectivity index (χ0) is 14.8. The minimum Gasteiger partial charge on any atom is -0.508 e. The largest absolute Gasteiger partial charge is 0.508 e. The molecule has 0 saturated carbocycles. The summed E-state index contributed by atoms with van der Waals surface area (Å²) < 4.78 is 0. The standard InChI is InChI=1S/C17H24N2O2/c1-19-14-3-2-4-15(19)11-13(10-14)18-17(21)9-12-5-7-16(20)8-6-12/h5-8,13-15,20H,2-4,9-11H2,1H3,(H,18,21). The quantitative estimate of drug-likeness (QED) is 0.895. The second-order valence-electron chi connectivity index (χ2n) is 6.48. The molecule has 2 N–H and O–H groups in total. The Morgan fingerprint density at radius 1 is 1.24 bits per heavy atom. The van der Waals surface area contributed by atoms with Crippen LogP contribution in [0.3, 0.4) is 0 Å². The molecular formula is C17H24N2O2. The Hall–Kier alpha value is -1.55. The van der Waals surface area contributed by atoms with Gasteiger partial charge in [-0.25, -0.2) is 0 Å². The Labute approximate surface area is 126 Å². The maximum Gasteiger partial charge on any atom is 0.224 e. The third-order valence-electron chi connectivity index (χ3n) is 5.01. The fourth-order valence-electron chi connectivity index (χ4n) is 3.81. The molecule has 2 bridgehead atoms.